The third-order valence-corrected chi connectivity index (χ3v) is 4.28. The highest BCUT2D eigenvalue weighted by Crippen LogP contribution is 2.38. The summed E-state index contributed by atoms with van der Waals surface area (Å²) in [5.41, 5.74) is -5.37. The van der Waals surface area contributed by atoms with Gasteiger partial charge in [-0.05, 0) is 44.0 Å². The zero-order valence-corrected chi connectivity index (χ0v) is 11.2. The summed E-state index contributed by atoms with van der Waals surface area (Å²) in [6, 6.07) is 1.37. The third-order valence-electron chi connectivity index (χ3n) is 1.61. The number of phenols is 1. The summed E-state index contributed by atoms with van der Waals surface area (Å²) >= 11 is 5.49. The summed E-state index contributed by atoms with van der Waals surface area (Å²) in [6.45, 7) is 0. The number of hydrogen-bond donors (Lipinski definition) is 1. The van der Waals surface area contributed by atoms with Gasteiger partial charge in [0.15, 0.2) is 0 Å². The molecule has 0 atom stereocenters. The van der Waals surface area contributed by atoms with Gasteiger partial charge in [-0.2, -0.15) is 13.2 Å². The number of sulfone groups is 1. The first-order chi connectivity index (χ1) is 7.07. The third kappa shape index (κ3) is 2.35. The van der Waals surface area contributed by atoms with Crippen LogP contribution in [0.15, 0.2) is 26.0 Å². The zero-order chi connectivity index (χ0) is 12.7. The van der Waals surface area contributed by atoms with Crippen LogP contribution in [0.4, 0.5) is 13.2 Å². The Morgan fingerprint density at radius 2 is 1.50 bits per heavy atom. The van der Waals surface area contributed by atoms with Gasteiger partial charge in [0.1, 0.15) is 5.75 Å². The van der Waals surface area contributed by atoms with Gasteiger partial charge in [0.05, 0.1) is 13.8 Å². The topological polar surface area (TPSA) is 54.4 Å². The van der Waals surface area contributed by atoms with Crippen LogP contribution in [0.2, 0.25) is 0 Å². The van der Waals surface area contributed by atoms with Crippen LogP contribution in [0.5, 0.6) is 5.75 Å². The Morgan fingerprint density at radius 3 is 1.81 bits per heavy atom. The first-order valence-corrected chi connectivity index (χ1v) is 6.63. The summed E-state index contributed by atoms with van der Waals surface area (Å²) in [6.07, 6.45) is 0. The van der Waals surface area contributed by atoms with E-state index in [-0.39, 0.29) is 14.7 Å². The molecule has 0 aliphatic rings. The number of alkyl halides is 3. The van der Waals surface area contributed by atoms with E-state index < -0.39 is 20.2 Å². The Kier molecular flexibility index (Phi) is 3.61. The molecular weight excluding hydrogens is 381 g/mol. The molecule has 0 unspecified atom stereocenters. The van der Waals surface area contributed by atoms with Crippen LogP contribution in [0.25, 0.3) is 0 Å². The Balaban J connectivity index is 3.49. The lowest BCUT2D eigenvalue weighted by molar-refractivity contribution is -0.0436. The van der Waals surface area contributed by atoms with E-state index in [0.29, 0.717) is 12.1 Å². The molecule has 0 fully saturated rings. The predicted octanol–water partition coefficient (Wildman–Crippen LogP) is 3.21. The van der Waals surface area contributed by atoms with E-state index in [1.807, 2.05) is 0 Å². The van der Waals surface area contributed by atoms with E-state index in [4.69, 9.17) is 0 Å². The quantitative estimate of drug-likeness (QED) is 0.810. The molecule has 1 aromatic carbocycles. The highest BCUT2D eigenvalue weighted by atomic mass is 79.9. The number of phenolic OH excluding ortho intramolecular Hbond substituents is 1. The first-order valence-electron chi connectivity index (χ1n) is 3.56. The molecule has 0 aliphatic heterocycles. The Labute approximate surface area is 105 Å². The number of hydrogen-bond acceptors (Lipinski definition) is 3. The fourth-order valence-electron chi connectivity index (χ4n) is 0.831. The molecule has 16 heavy (non-hydrogen) atoms. The molecule has 90 valence electrons. The van der Waals surface area contributed by atoms with Crippen LogP contribution in [0, 0.1) is 0 Å². The second-order valence-corrected chi connectivity index (χ2v) is 6.33. The molecule has 1 N–H and O–H groups in total. The van der Waals surface area contributed by atoms with Crippen molar-refractivity contribution in [1.82, 2.24) is 0 Å². The van der Waals surface area contributed by atoms with Gasteiger partial charge >= 0.3 is 5.51 Å². The normalized spacial score (nSPS) is 12.8. The van der Waals surface area contributed by atoms with Crippen molar-refractivity contribution in [3.63, 3.8) is 0 Å². The molecule has 3 nitrogen and oxygen atoms in total. The van der Waals surface area contributed by atoms with Crippen molar-refractivity contribution >= 4 is 41.7 Å². The van der Waals surface area contributed by atoms with Gasteiger partial charge in [0.2, 0.25) is 0 Å². The molecule has 0 saturated heterocycles. The van der Waals surface area contributed by atoms with Crippen molar-refractivity contribution in [3.05, 3.63) is 21.1 Å². The van der Waals surface area contributed by atoms with Crippen LogP contribution in [-0.4, -0.2) is 19.0 Å². The average Bonchev–Trinajstić information content (AvgIpc) is 2.11. The van der Waals surface area contributed by atoms with Crippen molar-refractivity contribution in [2.75, 3.05) is 0 Å². The van der Waals surface area contributed by atoms with Gasteiger partial charge in [0.25, 0.3) is 9.84 Å². The van der Waals surface area contributed by atoms with Gasteiger partial charge in [-0.25, -0.2) is 8.42 Å². The molecule has 0 aliphatic carbocycles. The largest absolute Gasteiger partial charge is 0.506 e. The Morgan fingerprint density at radius 1 is 1.12 bits per heavy atom. The molecule has 0 amide bonds. The van der Waals surface area contributed by atoms with Gasteiger partial charge in [0, 0.05) is 0 Å². The van der Waals surface area contributed by atoms with Crippen molar-refractivity contribution in [3.8, 4) is 5.75 Å². The van der Waals surface area contributed by atoms with Crippen LogP contribution < -0.4 is 0 Å². The van der Waals surface area contributed by atoms with Crippen molar-refractivity contribution in [2.45, 2.75) is 10.4 Å². The highest BCUT2D eigenvalue weighted by molar-refractivity contribution is 9.11. The van der Waals surface area contributed by atoms with Crippen molar-refractivity contribution in [2.24, 2.45) is 0 Å². The molecule has 0 bridgehead atoms. The van der Waals surface area contributed by atoms with E-state index in [9.17, 15) is 26.7 Å². The first kappa shape index (κ1) is 13.8. The summed E-state index contributed by atoms with van der Waals surface area (Å²) in [7, 11) is -5.41. The molecule has 1 rings (SSSR count). The lowest BCUT2D eigenvalue weighted by Gasteiger charge is -2.09. The van der Waals surface area contributed by atoms with Gasteiger partial charge in [-0.15, -0.1) is 0 Å². The number of halogens is 5. The minimum Gasteiger partial charge on any atom is -0.506 e. The van der Waals surface area contributed by atoms with Gasteiger partial charge in [-0.1, -0.05) is 0 Å². The van der Waals surface area contributed by atoms with E-state index in [1.54, 1.807) is 0 Å². The average molecular weight is 384 g/mol. The van der Waals surface area contributed by atoms with E-state index in [1.165, 1.54) is 0 Å². The lowest BCUT2D eigenvalue weighted by Crippen LogP contribution is -2.23. The maximum Gasteiger partial charge on any atom is 0.501 e. The fourth-order valence-corrected chi connectivity index (χ4v) is 3.13. The van der Waals surface area contributed by atoms with Crippen molar-refractivity contribution < 1.29 is 26.7 Å². The van der Waals surface area contributed by atoms with E-state index >= 15 is 0 Å². The standard InChI is InChI=1S/C7H3Br2F3O3S/c8-4-1-3(2-5(9)6(4)13)16(14,15)7(10,11)12/h1-2,13H. The minimum atomic E-state index is -5.41. The maximum atomic E-state index is 12.2. The fraction of sp³-hybridized carbons (Fsp3) is 0.143. The number of aromatic hydroxyl groups is 1. The van der Waals surface area contributed by atoms with E-state index in [0.717, 1.165) is 0 Å². The summed E-state index contributed by atoms with van der Waals surface area (Å²) in [5, 5.41) is 9.23. The van der Waals surface area contributed by atoms with Crippen LogP contribution >= 0.6 is 31.9 Å². The second kappa shape index (κ2) is 4.19. The number of rotatable bonds is 1. The smallest absolute Gasteiger partial charge is 0.501 e. The Bertz CT molecular complexity index is 501. The van der Waals surface area contributed by atoms with Crippen LogP contribution in [0.3, 0.4) is 0 Å². The predicted molar refractivity (Wildman–Crippen MR) is 56.7 cm³/mol. The molecular formula is C7H3Br2F3O3S. The highest BCUT2D eigenvalue weighted by Gasteiger charge is 2.47. The number of benzene rings is 1. The Hall–Kier alpha value is -0.280. The van der Waals surface area contributed by atoms with Gasteiger partial charge in [-0.3, -0.25) is 0 Å². The van der Waals surface area contributed by atoms with Crippen molar-refractivity contribution in [1.29, 1.82) is 0 Å². The van der Waals surface area contributed by atoms with Gasteiger partial charge < -0.3 is 5.11 Å². The molecule has 0 radical (unpaired) electrons. The molecule has 9 heteroatoms. The van der Waals surface area contributed by atoms with Crippen LogP contribution in [0.1, 0.15) is 0 Å². The second-order valence-electron chi connectivity index (χ2n) is 2.68. The van der Waals surface area contributed by atoms with E-state index in [2.05, 4.69) is 31.9 Å². The maximum absolute atomic E-state index is 12.2. The zero-order valence-electron chi connectivity index (χ0n) is 7.22. The summed E-state index contributed by atoms with van der Waals surface area (Å²) in [4.78, 5) is -0.948. The summed E-state index contributed by atoms with van der Waals surface area (Å²) in [5.74, 6) is -0.374. The SMILES string of the molecule is O=S(=O)(c1cc(Br)c(O)c(Br)c1)C(F)(F)F. The molecule has 0 heterocycles. The van der Waals surface area contributed by atoms with Crippen LogP contribution in [-0.2, 0) is 9.84 Å². The lowest BCUT2D eigenvalue weighted by atomic mass is 10.3. The molecule has 0 saturated carbocycles. The summed E-state index contributed by atoms with van der Waals surface area (Å²) < 4.78 is 58.4. The molecule has 0 aromatic heterocycles. The molecule has 0 spiro atoms. The molecule has 1 aromatic rings. The minimum absolute atomic E-state index is 0.148. The monoisotopic (exact) mass is 382 g/mol.